The van der Waals surface area contributed by atoms with E-state index < -0.39 is 19.1 Å². The topological polar surface area (TPSA) is 70.4 Å². The van der Waals surface area contributed by atoms with Gasteiger partial charge in [0.05, 0.1) is 21.1 Å². The van der Waals surface area contributed by atoms with Crippen LogP contribution in [0.15, 0.2) is 63.4 Å². The van der Waals surface area contributed by atoms with Gasteiger partial charge in [-0.2, -0.15) is 0 Å². The van der Waals surface area contributed by atoms with Crippen molar-refractivity contribution in [1.82, 2.24) is 9.46 Å². The van der Waals surface area contributed by atoms with Gasteiger partial charge < -0.3 is 14.6 Å². The summed E-state index contributed by atoms with van der Waals surface area (Å²) >= 11 is 6.33. The fourth-order valence-corrected chi connectivity index (χ4v) is 8.95. The first-order chi connectivity index (χ1) is 17.8. The number of nitrogens with one attached hydrogen (secondary N) is 2. The maximum atomic E-state index is 13.6. The first-order valence-corrected chi connectivity index (χ1v) is 16.5. The third kappa shape index (κ3) is 5.99. The van der Waals surface area contributed by atoms with Gasteiger partial charge in [0.15, 0.2) is 5.76 Å². The molecular formula is C29H37ClN4O2S2. The number of piperidine rings is 1. The lowest BCUT2D eigenvalue weighted by atomic mass is 9.94. The van der Waals surface area contributed by atoms with Gasteiger partial charge in [-0.05, 0) is 80.4 Å². The van der Waals surface area contributed by atoms with Gasteiger partial charge in [0.1, 0.15) is 4.90 Å². The van der Waals surface area contributed by atoms with Crippen LogP contribution in [-0.2, 0) is 9.71 Å². The van der Waals surface area contributed by atoms with E-state index in [9.17, 15) is 4.21 Å². The molecule has 2 N–H and O–H groups in total. The highest BCUT2D eigenvalue weighted by Crippen LogP contribution is 2.41. The van der Waals surface area contributed by atoms with E-state index in [1.807, 2.05) is 12.1 Å². The van der Waals surface area contributed by atoms with E-state index in [1.165, 1.54) is 6.42 Å². The molecule has 2 heterocycles. The molecule has 1 aliphatic rings. The quantitative estimate of drug-likeness (QED) is 0.283. The van der Waals surface area contributed by atoms with Crippen LogP contribution in [-0.4, -0.2) is 44.4 Å². The predicted molar refractivity (Wildman–Crippen MR) is 168 cm³/mol. The van der Waals surface area contributed by atoms with E-state index in [0.29, 0.717) is 50.2 Å². The van der Waals surface area contributed by atoms with Crippen LogP contribution in [0.1, 0.15) is 37.3 Å². The number of anilines is 2. The van der Waals surface area contributed by atoms with Crippen LogP contribution in [0, 0.1) is 25.7 Å². The molecule has 0 saturated carbocycles. The fraction of sp³-hybridized carbons (Fsp3) is 0.310. The molecular weight excluding hydrogens is 536 g/mol. The second-order valence-electron chi connectivity index (χ2n) is 10.4. The molecule has 1 saturated heterocycles. The van der Waals surface area contributed by atoms with E-state index in [0.717, 1.165) is 23.7 Å². The average molecular weight is 573 g/mol. The van der Waals surface area contributed by atoms with Gasteiger partial charge >= 0.3 is 0 Å². The zero-order chi connectivity index (χ0) is 27.8. The summed E-state index contributed by atoms with van der Waals surface area (Å²) in [4.78, 5) is 1.59. The molecule has 3 aromatic rings. The highest BCUT2D eigenvalue weighted by molar-refractivity contribution is 8.25. The summed E-state index contributed by atoms with van der Waals surface area (Å²) in [6, 6.07) is 13.5. The van der Waals surface area contributed by atoms with Gasteiger partial charge in [-0.3, -0.25) is 4.31 Å². The number of hydrogen-bond donors (Lipinski definition) is 2. The molecule has 0 bridgehead atoms. The summed E-state index contributed by atoms with van der Waals surface area (Å²) < 4.78 is 24.3. The summed E-state index contributed by atoms with van der Waals surface area (Å²) in [5, 5.41) is 7.81. The van der Waals surface area contributed by atoms with Crippen LogP contribution in [0.5, 0.6) is 0 Å². The molecule has 0 spiro atoms. The van der Waals surface area contributed by atoms with Gasteiger partial charge in [-0.1, -0.05) is 48.9 Å². The molecule has 1 fully saturated rings. The standard InChI is InChI=1S/C29H37ClN4O2S2/c1-19-15-20(2)18-34(17-19)37(6,7)26-12-10-25(11-13-26)31-21(3)27-16-24(30)9-14-28(27)33-38(8,35)29-22(4)32-36-23(29)5/h9-14,16,19-20,31H,3,6-8,15,17-18H2,1-2,4-5H3,(H,33,35). The van der Waals surface area contributed by atoms with Crippen LogP contribution in [0.3, 0.4) is 0 Å². The number of hydrogen-bond acceptors (Lipinski definition) is 5. The molecule has 9 heteroatoms. The molecule has 0 amide bonds. The Morgan fingerprint density at radius 2 is 1.71 bits per heavy atom. The molecule has 1 aliphatic heterocycles. The maximum absolute atomic E-state index is 13.6. The highest BCUT2D eigenvalue weighted by Gasteiger charge is 2.25. The van der Waals surface area contributed by atoms with Crippen molar-refractivity contribution in [3.63, 3.8) is 0 Å². The smallest absolute Gasteiger partial charge is 0.151 e. The molecule has 3 unspecified atom stereocenters. The van der Waals surface area contributed by atoms with Crippen LogP contribution < -0.4 is 10.0 Å². The number of aryl methyl sites for hydroxylation is 2. The zero-order valence-corrected chi connectivity index (χ0v) is 24.9. The molecule has 1 aromatic heterocycles. The highest BCUT2D eigenvalue weighted by atomic mass is 35.5. The summed E-state index contributed by atoms with van der Waals surface area (Å²) in [5.74, 6) is 14.8. The van der Waals surface area contributed by atoms with E-state index in [-0.39, 0.29) is 0 Å². The third-order valence-corrected chi connectivity index (χ3v) is 11.3. The molecule has 2 aromatic carbocycles. The van der Waals surface area contributed by atoms with Crippen molar-refractivity contribution in [2.75, 3.05) is 23.1 Å². The molecule has 6 nitrogen and oxygen atoms in total. The van der Waals surface area contributed by atoms with Crippen molar-refractivity contribution in [1.29, 1.82) is 0 Å². The Kier molecular flexibility index (Phi) is 8.09. The first-order valence-electron chi connectivity index (χ1n) is 12.5. The minimum absolute atomic E-state index is 0.456. The molecule has 38 heavy (non-hydrogen) atoms. The Bertz CT molecular complexity index is 1530. The molecule has 204 valence electrons. The zero-order valence-electron chi connectivity index (χ0n) is 22.6. The van der Waals surface area contributed by atoms with Crippen LogP contribution in [0.25, 0.3) is 5.70 Å². The van der Waals surface area contributed by atoms with Gasteiger partial charge in [-0.25, -0.2) is 4.21 Å². The Morgan fingerprint density at radius 3 is 2.29 bits per heavy atom. The minimum Gasteiger partial charge on any atom is -0.360 e. The van der Waals surface area contributed by atoms with Crippen molar-refractivity contribution < 1.29 is 8.73 Å². The minimum atomic E-state index is -2.95. The average Bonchev–Trinajstić information content (AvgIpc) is 3.18. The van der Waals surface area contributed by atoms with Gasteiger partial charge in [0.2, 0.25) is 0 Å². The fourth-order valence-electron chi connectivity index (χ4n) is 5.10. The van der Waals surface area contributed by atoms with E-state index >= 15 is 0 Å². The predicted octanol–water partition coefficient (Wildman–Crippen LogP) is 7.05. The summed E-state index contributed by atoms with van der Waals surface area (Å²) in [7, 11) is -4.53. The molecule has 3 atom stereocenters. The lowest BCUT2D eigenvalue weighted by Gasteiger charge is -2.40. The first kappa shape index (κ1) is 28.4. The Morgan fingerprint density at radius 1 is 1.08 bits per heavy atom. The largest absolute Gasteiger partial charge is 0.360 e. The van der Waals surface area contributed by atoms with Crippen molar-refractivity contribution in [3.8, 4) is 0 Å². The van der Waals surface area contributed by atoms with Crippen molar-refractivity contribution >= 4 is 65.4 Å². The van der Waals surface area contributed by atoms with Gasteiger partial charge in [0, 0.05) is 40.0 Å². The third-order valence-electron chi connectivity index (χ3n) is 6.80. The lowest BCUT2D eigenvalue weighted by molar-refractivity contribution is 0.236. The number of nitrogens with zero attached hydrogens (tertiary/aromatic N) is 2. The van der Waals surface area contributed by atoms with E-state index in [2.05, 4.69) is 69.7 Å². The monoisotopic (exact) mass is 572 g/mol. The SMILES string of the molecule is C=C(Nc1ccc(S(=C)(=C)N2CC(C)CC(C)C2)cc1)c1cc(Cl)ccc1NS(=C)(=O)c1c(C)noc1C. The maximum Gasteiger partial charge on any atom is 0.151 e. The second kappa shape index (κ2) is 10.8. The van der Waals surface area contributed by atoms with E-state index in [1.54, 1.807) is 32.0 Å². The number of rotatable bonds is 8. The van der Waals surface area contributed by atoms with Gasteiger partial charge in [0.25, 0.3) is 0 Å². The summed E-state index contributed by atoms with van der Waals surface area (Å²) in [6.45, 7) is 14.3. The number of aromatic nitrogens is 1. The Balaban J connectivity index is 1.55. The summed E-state index contributed by atoms with van der Waals surface area (Å²) in [6.07, 6.45) is 1.25. The molecule has 0 aliphatic carbocycles. The van der Waals surface area contributed by atoms with E-state index in [4.69, 9.17) is 16.1 Å². The van der Waals surface area contributed by atoms with Crippen LogP contribution in [0.2, 0.25) is 5.02 Å². The van der Waals surface area contributed by atoms with Gasteiger partial charge in [-0.15, -0.1) is 9.39 Å². The second-order valence-corrected chi connectivity index (χ2v) is 15.5. The van der Waals surface area contributed by atoms with Crippen LogP contribution >= 0.6 is 21.0 Å². The molecule has 0 radical (unpaired) electrons. The van der Waals surface area contributed by atoms with Crippen LogP contribution in [0.4, 0.5) is 11.4 Å². The number of halogens is 1. The summed E-state index contributed by atoms with van der Waals surface area (Å²) in [5.41, 5.74) is 3.25. The lowest BCUT2D eigenvalue weighted by Crippen LogP contribution is -2.36. The molecule has 4 rings (SSSR count). The Hall–Kier alpha value is -2.65. The normalized spacial score (nSPS) is 20.0. The number of benzene rings is 2. The Labute approximate surface area is 232 Å². The van der Waals surface area contributed by atoms with Crippen molar-refractivity contribution in [3.05, 3.63) is 71.1 Å². The van der Waals surface area contributed by atoms with Crippen molar-refractivity contribution in [2.24, 2.45) is 11.8 Å². The van der Waals surface area contributed by atoms with Crippen molar-refractivity contribution in [2.45, 2.75) is 43.9 Å².